The quantitative estimate of drug-likeness (QED) is 0.815. The van der Waals surface area contributed by atoms with Crippen LogP contribution in [0.25, 0.3) is 11.0 Å². The molecule has 1 saturated carbocycles. The van der Waals surface area contributed by atoms with Gasteiger partial charge >= 0.3 is 0 Å². The summed E-state index contributed by atoms with van der Waals surface area (Å²) < 4.78 is 2.10. The molecule has 1 aliphatic carbocycles. The second-order valence-corrected chi connectivity index (χ2v) is 4.55. The molecule has 0 saturated heterocycles. The molecule has 0 atom stereocenters. The molecule has 2 aromatic rings. The van der Waals surface area contributed by atoms with Gasteiger partial charge in [0, 0.05) is 12.6 Å². The fourth-order valence-electron chi connectivity index (χ4n) is 2.13. The van der Waals surface area contributed by atoms with Gasteiger partial charge in [0.15, 0.2) is 0 Å². The maximum atomic E-state index is 9.14. The summed E-state index contributed by atoms with van der Waals surface area (Å²) >= 11 is 0. The Labute approximate surface area is 100 Å². The number of aliphatic hydroxyl groups excluding tert-OH is 1. The molecule has 0 spiro atoms. The molecule has 3 rings (SSSR count). The van der Waals surface area contributed by atoms with Crippen LogP contribution in [0.5, 0.6) is 0 Å². The van der Waals surface area contributed by atoms with E-state index in [0.717, 1.165) is 23.4 Å². The number of aliphatic hydroxyl groups is 1. The van der Waals surface area contributed by atoms with Crippen molar-refractivity contribution in [2.75, 3.05) is 6.61 Å². The van der Waals surface area contributed by atoms with Crippen LogP contribution in [0.4, 0.5) is 0 Å². The fourth-order valence-corrected chi connectivity index (χ4v) is 2.13. The lowest BCUT2D eigenvalue weighted by molar-refractivity contribution is 0.275. The molecule has 0 amide bonds. The van der Waals surface area contributed by atoms with E-state index in [2.05, 4.69) is 20.9 Å². The highest BCUT2D eigenvalue weighted by Gasteiger charge is 2.21. The maximum Gasteiger partial charge on any atom is 0.123 e. The van der Waals surface area contributed by atoms with Gasteiger partial charge in [-0.1, -0.05) is 12.1 Å². The highest BCUT2D eigenvalue weighted by atomic mass is 16.3. The number of nitrogens with one attached hydrogen (secondary N) is 1. The van der Waals surface area contributed by atoms with E-state index in [1.807, 2.05) is 18.2 Å². The van der Waals surface area contributed by atoms with E-state index < -0.39 is 0 Å². The molecule has 0 aliphatic heterocycles. The van der Waals surface area contributed by atoms with Gasteiger partial charge in [-0.3, -0.25) is 0 Å². The Morgan fingerprint density at radius 1 is 1.35 bits per heavy atom. The minimum Gasteiger partial charge on any atom is -0.395 e. The summed E-state index contributed by atoms with van der Waals surface area (Å²) in [6.45, 7) is 1.55. The van der Waals surface area contributed by atoms with Gasteiger partial charge in [-0.25, -0.2) is 4.98 Å². The van der Waals surface area contributed by atoms with Crippen molar-refractivity contribution >= 4 is 11.0 Å². The number of fused-ring (bicyclic) bond motifs is 1. The molecule has 17 heavy (non-hydrogen) atoms. The smallest absolute Gasteiger partial charge is 0.123 e. The normalized spacial score (nSPS) is 15.6. The average Bonchev–Trinajstić information content (AvgIpc) is 3.11. The summed E-state index contributed by atoms with van der Waals surface area (Å²) in [5, 5.41) is 12.6. The first-order valence-corrected chi connectivity index (χ1v) is 6.17. The molecule has 4 nitrogen and oxygen atoms in total. The molecule has 1 heterocycles. The van der Waals surface area contributed by atoms with E-state index in [9.17, 15) is 0 Å². The van der Waals surface area contributed by atoms with Crippen LogP contribution in [-0.4, -0.2) is 27.3 Å². The highest BCUT2D eigenvalue weighted by Crippen LogP contribution is 2.20. The second-order valence-electron chi connectivity index (χ2n) is 4.55. The van der Waals surface area contributed by atoms with Gasteiger partial charge in [-0.05, 0) is 25.0 Å². The van der Waals surface area contributed by atoms with Gasteiger partial charge < -0.3 is 15.0 Å². The van der Waals surface area contributed by atoms with Crippen molar-refractivity contribution in [2.24, 2.45) is 0 Å². The first-order chi connectivity index (χ1) is 8.38. The third-order valence-corrected chi connectivity index (χ3v) is 3.18. The van der Waals surface area contributed by atoms with Gasteiger partial charge in [0.25, 0.3) is 0 Å². The zero-order chi connectivity index (χ0) is 11.7. The molecule has 0 radical (unpaired) electrons. The topological polar surface area (TPSA) is 50.1 Å². The van der Waals surface area contributed by atoms with Crippen LogP contribution in [0.2, 0.25) is 0 Å². The predicted octanol–water partition coefficient (Wildman–Crippen LogP) is 1.28. The molecule has 2 N–H and O–H groups in total. The van der Waals surface area contributed by atoms with Crippen LogP contribution >= 0.6 is 0 Å². The minimum atomic E-state index is 0.150. The number of benzene rings is 1. The zero-order valence-corrected chi connectivity index (χ0v) is 9.76. The van der Waals surface area contributed by atoms with Gasteiger partial charge in [-0.2, -0.15) is 0 Å². The molecule has 90 valence electrons. The van der Waals surface area contributed by atoms with E-state index >= 15 is 0 Å². The van der Waals surface area contributed by atoms with Crippen molar-refractivity contribution in [1.82, 2.24) is 14.9 Å². The summed E-state index contributed by atoms with van der Waals surface area (Å²) in [4.78, 5) is 4.62. The number of imidazole rings is 1. The third-order valence-electron chi connectivity index (χ3n) is 3.18. The zero-order valence-electron chi connectivity index (χ0n) is 9.76. The third kappa shape index (κ3) is 2.18. The molecule has 1 aromatic carbocycles. The van der Waals surface area contributed by atoms with Crippen LogP contribution in [0.15, 0.2) is 24.3 Å². The highest BCUT2D eigenvalue weighted by molar-refractivity contribution is 5.75. The van der Waals surface area contributed by atoms with Crippen molar-refractivity contribution in [1.29, 1.82) is 0 Å². The predicted molar refractivity (Wildman–Crippen MR) is 66.7 cm³/mol. The molecular weight excluding hydrogens is 214 g/mol. The van der Waals surface area contributed by atoms with Crippen molar-refractivity contribution < 1.29 is 5.11 Å². The van der Waals surface area contributed by atoms with E-state index in [4.69, 9.17) is 5.11 Å². The molecule has 4 heteroatoms. The number of para-hydroxylation sites is 2. The van der Waals surface area contributed by atoms with Crippen molar-refractivity contribution in [3.8, 4) is 0 Å². The van der Waals surface area contributed by atoms with E-state index in [1.54, 1.807) is 0 Å². The summed E-state index contributed by atoms with van der Waals surface area (Å²) in [6, 6.07) is 8.76. The Hall–Kier alpha value is -1.39. The Morgan fingerprint density at radius 2 is 2.18 bits per heavy atom. The van der Waals surface area contributed by atoms with Crippen LogP contribution in [-0.2, 0) is 13.1 Å². The molecule has 1 fully saturated rings. The Bertz CT molecular complexity index is 516. The molecule has 1 aliphatic rings. The number of aromatic nitrogens is 2. The summed E-state index contributed by atoms with van der Waals surface area (Å²) in [5.41, 5.74) is 2.11. The number of hydrogen-bond donors (Lipinski definition) is 2. The maximum absolute atomic E-state index is 9.14. The molecular formula is C13H17N3O. The first kappa shape index (κ1) is 10.7. The van der Waals surface area contributed by atoms with Crippen molar-refractivity contribution in [3.05, 3.63) is 30.1 Å². The van der Waals surface area contributed by atoms with Gasteiger partial charge in [0.1, 0.15) is 5.82 Å². The van der Waals surface area contributed by atoms with Crippen molar-refractivity contribution in [3.63, 3.8) is 0 Å². The first-order valence-electron chi connectivity index (χ1n) is 6.17. The standard InChI is InChI=1S/C13H17N3O/c17-8-7-16-12-4-2-1-3-11(12)15-13(16)9-14-10-5-6-10/h1-4,10,14,17H,5-9H2. The number of hydrogen-bond acceptors (Lipinski definition) is 3. The lowest BCUT2D eigenvalue weighted by Gasteiger charge is -2.07. The van der Waals surface area contributed by atoms with E-state index in [1.165, 1.54) is 12.8 Å². The summed E-state index contributed by atoms with van der Waals surface area (Å²) in [5.74, 6) is 1.02. The van der Waals surface area contributed by atoms with Crippen LogP contribution < -0.4 is 5.32 Å². The fraction of sp³-hybridized carbons (Fsp3) is 0.462. The largest absolute Gasteiger partial charge is 0.395 e. The number of nitrogens with zero attached hydrogens (tertiary/aromatic N) is 2. The van der Waals surface area contributed by atoms with Crippen LogP contribution in [0, 0.1) is 0 Å². The molecule has 1 aromatic heterocycles. The van der Waals surface area contributed by atoms with Crippen LogP contribution in [0.3, 0.4) is 0 Å². The Kier molecular flexibility index (Phi) is 2.82. The van der Waals surface area contributed by atoms with Gasteiger partial charge in [0.2, 0.25) is 0 Å². The SMILES string of the molecule is OCCn1c(CNC2CC2)nc2ccccc21. The molecule has 0 unspecified atom stereocenters. The van der Waals surface area contributed by atoms with E-state index in [0.29, 0.717) is 12.6 Å². The number of rotatable bonds is 5. The van der Waals surface area contributed by atoms with Gasteiger partial charge in [-0.15, -0.1) is 0 Å². The lowest BCUT2D eigenvalue weighted by Crippen LogP contribution is -2.19. The average molecular weight is 231 g/mol. The monoisotopic (exact) mass is 231 g/mol. The van der Waals surface area contributed by atoms with Gasteiger partial charge in [0.05, 0.1) is 24.2 Å². The van der Waals surface area contributed by atoms with Crippen LogP contribution in [0.1, 0.15) is 18.7 Å². The molecule has 0 bridgehead atoms. The second kappa shape index (κ2) is 4.47. The minimum absolute atomic E-state index is 0.150. The summed E-state index contributed by atoms with van der Waals surface area (Å²) in [7, 11) is 0. The van der Waals surface area contributed by atoms with E-state index in [-0.39, 0.29) is 6.61 Å². The Balaban J connectivity index is 1.92. The summed E-state index contributed by atoms with van der Waals surface area (Å²) in [6.07, 6.45) is 2.56. The van der Waals surface area contributed by atoms with Crippen molar-refractivity contribution in [2.45, 2.75) is 32.0 Å². The lowest BCUT2D eigenvalue weighted by atomic mass is 10.3. The Morgan fingerprint density at radius 3 is 2.94 bits per heavy atom.